The SMILES string of the molecule is CCOC(=O)C(c1ccccc1)S(=O)c1ccc(Br)cc1. The zero-order valence-corrected chi connectivity index (χ0v) is 13.9. The number of carbonyl (C=O) groups excluding carboxylic acids is 1. The van der Waals surface area contributed by atoms with Gasteiger partial charge in [0.1, 0.15) is 0 Å². The van der Waals surface area contributed by atoms with Crippen LogP contribution in [0.25, 0.3) is 0 Å². The van der Waals surface area contributed by atoms with Crippen LogP contribution in [-0.4, -0.2) is 16.8 Å². The Hall–Kier alpha value is -1.46. The Morgan fingerprint density at radius 3 is 2.33 bits per heavy atom. The van der Waals surface area contributed by atoms with Gasteiger partial charge in [0.25, 0.3) is 0 Å². The molecule has 0 heterocycles. The molecule has 21 heavy (non-hydrogen) atoms. The number of halogens is 1. The fraction of sp³-hybridized carbons (Fsp3) is 0.188. The summed E-state index contributed by atoms with van der Waals surface area (Å²) in [5.41, 5.74) is 0.692. The Bertz CT molecular complexity index is 626. The van der Waals surface area contributed by atoms with Crippen molar-refractivity contribution in [3.63, 3.8) is 0 Å². The van der Waals surface area contributed by atoms with E-state index in [0.29, 0.717) is 10.5 Å². The number of benzene rings is 2. The van der Waals surface area contributed by atoms with Crippen LogP contribution in [0.1, 0.15) is 17.7 Å². The summed E-state index contributed by atoms with van der Waals surface area (Å²) in [5, 5.41) is -0.813. The van der Waals surface area contributed by atoms with Gasteiger partial charge in [0.15, 0.2) is 5.25 Å². The molecule has 0 spiro atoms. The van der Waals surface area contributed by atoms with Gasteiger partial charge in [-0.3, -0.25) is 9.00 Å². The van der Waals surface area contributed by atoms with E-state index in [0.717, 1.165) is 4.47 Å². The molecule has 2 aromatic rings. The molecule has 0 aliphatic rings. The minimum atomic E-state index is -1.51. The molecule has 0 bridgehead atoms. The molecule has 5 heteroatoms. The van der Waals surface area contributed by atoms with Crippen molar-refractivity contribution in [2.24, 2.45) is 0 Å². The van der Waals surface area contributed by atoms with Gasteiger partial charge >= 0.3 is 5.97 Å². The molecule has 2 unspecified atom stereocenters. The van der Waals surface area contributed by atoms with Crippen LogP contribution < -0.4 is 0 Å². The molecule has 0 radical (unpaired) electrons. The number of hydrogen-bond acceptors (Lipinski definition) is 3. The molecular weight excluding hydrogens is 352 g/mol. The summed E-state index contributed by atoms with van der Waals surface area (Å²) in [6.45, 7) is 2.00. The van der Waals surface area contributed by atoms with E-state index in [4.69, 9.17) is 4.74 Å². The maximum absolute atomic E-state index is 12.8. The van der Waals surface area contributed by atoms with Crippen molar-refractivity contribution < 1.29 is 13.7 Å². The average Bonchev–Trinajstić information content (AvgIpc) is 2.49. The number of rotatable bonds is 5. The zero-order valence-electron chi connectivity index (χ0n) is 11.5. The lowest BCUT2D eigenvalue weighted by Crippen LogP contribution is -2.20. The third-order valence-corrected chi connectivity index (χ3v) is 5.02. The largest absolute Gasteiger partial charge is 0.465 e. The van der Waals surface area contributed by atoms with E-state index in [1.165, 1.54) is 0 Å². The molecule has 2 atom stereocenters. The van der Waals surface area contributed by atoms with E-state index < -0.39 is 22.0 Å². The molecule has 0 amide bonds. The Kier molecular flexibility index (Phi) is 5.70. The highest BCUT2D eigenvalue weighted by atomic mass is 79.9. The summed E-state index contributed by atoms with van der Waals surface area (Å²) in [5.74, 6) is -0.468. The van der Waals surface area contributed by atoms with Gasteiger partial charge in [0.05, 0.1) is 17.4 Å². The van der Waals surface area contributed by atoms with Gasteiger partial charge in [-0.05, 0) is 36.8 Å². The van der Waals surface area contributed by atoms with Crippen LogP contribution in [0.2, 0.25) is 0 Å². The summed E-state index contributed by atoms with van der Waals surface area (Å²) in [6, 6.07) is 16.2. The smallest absolute Gasteiger partial charge is 0.326 e. The topological polar surface area (TPSA) is 43.4 Å². The summed E-state index contributed by atoms with van der Waals surface area (Å²) >= 11 is 3.34. The fourth-order valence-electron chi connectivity index (χ4n) is 1.90. The Labute approximate surface area is 134 Å². The molecule has 0 saturated heterocycles. The summed E-state index contributed by atoms with van der Waals surface area (Å²) in [6.07, 6.45) is 0. The van der Waals surface area contributed by atoms with E-state index in [1.807, 2.05) is 18.2 Å². The van der Waals surface area contributed by atoms with E-state index >= 15 is 0 Å². The Morgan fingerprint density at radius 2 is 1.76 bits per heavy atom. The molecule has 0 aliphatic heterocycles. The number of esters is 1. The second-order valence-electron chi connectivity index (χ2n) is 4.29. The maximum atomic E-state index is 12.8. The first-order chi connectivity index (χ1) is 10.1. The quantitative estimate of drug-likeness (QED) is 0.754. The van der Waals surface area contributed by atoms with Crippen molar-refractivity contribution >= 4 is 32.7 Å². The van der Waals surface area contributed by atoms with Crippen LogP contribution in [-0.2, 0) is 20.3 Å². The Morgan fingerprint density at radius 1 is 1.14 bits per heavy atom. The van der Waals surface area contributed by atoms with Gasteiger partial charge in [-0.15, -0.1) is 0 Å². The molecule has 0 N–H and O–H groups in total. The molecule has 2 rings (SSSR count). The molecule has 2 aromatic carbocycles. The highest BCUT2D eigenvalue weighted by Gasteiger charge is 2.29. The molecule has 0 saturated carbocycles. The first kappa shape index (κ1) is 15.9. The number of ether oxygens (including phenoxy) is 1. The first-order valence-electron chi connectivity index (χ1n) is 6.51. The van der Waals surface area contributed by atoms with Crippen LogP contribution in [0.3, 0.4) is 0 Å². The lowest BCUT2D eigenvalue weighted by Gasteiger charge is -2.15. The predicted octanol–water partition coefficient (Wildman–Crippen LogP) is 3.86. The molecule has 0 fully saturated rings. The first-order valence-corrected chi connectivity index (χ1v) is 8.51. The van der Waals surface area contributed by atoms with Crippen molar-refractivity contribution in [2.75, 3.05) is 6.61 Å². The normalized spacial score (nSPS) is 13.4. The van der Waals surface area contributed by atoms with E-state index in [9.17, 15) is 9.00 Å². The monoisotopic (exact) mass is 366 g/mol. The second-order valence-corrected chi connectivity index (χ2v) is 6.75. The van der Waals surface area contributed by atoms with E-state index in [1.54, 1.807) is 43.3 Å². The summed E-state index contributed by atoms with van der Waals surface area (Å²) < 4.78 is 18.8. The predicted molar refractivity (Wildman–Crippen MR) is 86.4 cm³/mol. The third kappa shape index (κ3) is 4.02. The second kappa shape index (κ2) is 7.52. The van der Waals surface area contributed by atoms with Gasteiger partial charge < -0.3 is 4.74 Å². The maximum Gasteiger partial charge on any atom is 0.326 e. The van der Waals surface area contributed by atoms with Crippen molar-refractivity contribution in [1.82, 2.24) is 0 Å². The van der Waals surface area contributed by atoms with Crippen LogP contribution in [0.4, 0.5) is 0 Å². The lowest BCUT2D eigenvalue weighted by atomic mass is 10.1. The summed E-state index contributed by atoms with van der Waals surface area (Å²) in [7, 11) is -1.51. The minimum Gasteiger partial charge on any atom is -0.465 e. The highest BCUT2D eigenvalue weighted by molar-refractivity contribution is 9.10. The molecular formula is C16H15BrO3S. The molecule has 110 valence electrons. The molecule has 3 nitrogen and oxygen atoms in total. The number of carbonyl (C=O) groups is 1. The van der Waals surface area contributed by atoms with Crippen molar-refractivity contribution in [3.05, 3.63) is 64.6 Å². The van der Waals surface area contributed by atoms with Crippen molar-refractivity contribution in [3.8, 4) is 0 Å². The molecule has 0 aromatic heterocycles. The van der Waals surface area contributed by atoms with Crippen LogP contribution in [0.5, 0.6) is 0 Å². The van der Waals surface area contributed by atoms with Gasteiger partial charge in [-0.1, -0.05) is 46.3 Å². The average molecular weight is 367 g/mol. The third-order valence-electron chi connectivity index (χ3n) is 2.86. The fourth-order valence-corrected chi connectivity index (χ4v) is 3.49. The lowest BCUT2D eigenvalue weighted by molar-refractivity contribution is -0.142. The van der Waals surface area contributed by atoms with E-state index in [2.05, 4.69) is 15.9 Å². The van der Waals surface area contributed by atoms with Gasteiger partial charge in [-0.25, -0.2) is 0 Å². The minimum absolute atomic E-state index is 0.264. The van der Waals surface area contributed by atoms with E-state index in [-0.39, 0.29) is 6.61 Å². The van der Waals surface area contributed by atoms with Gasteiger partial charge in [0.2, 0.25) is 0 Å². The van der Waals surface area contributed by atoms with Crippen LogP contribution >= 0.6 is 15.9 Å². The van der Waals surface area contributed by atoms with Crippen molar-refractivity contribution in [1.29, 1.82) is 0 Å². The van der Waals surface area contributed by atoms with Crippen molar-refractivity contribution in [2.45, 2.75) is 17.1 Å². The standard InChI is InChI=1S/C16H15BrO3S/c1-2-20-16(18)15(12-6-4-3-5-7-12)21(19)14-10-8-13(17)9-11-14/h3-11,15H,2H2,1H3. The van der Waals surface area contributed by atoms with Crippen LogP contribution in [0, 0.1) is 0 Å². The van der Waals surface area contributed by atoms with Gasteiger partial charge in [-0.2, -0.15) is 0 Å². The molecule has 0 aliphatic carbocycles. The number of hydrogen-bond donors (Lipinski definition) is 0. The Balaban J connectivity index is 2.37. The van der Waals surface area contributed by atoms with Gasteiger partial charge in [0, 0.05) is 9.37 Å². The highest BCUT2D eigenvalue weighted by Crippen LogP contribution is 2.27. The zero-order chi connectivity index (χ0) is 15.2. The summed E-state index contributed by atoms with van der Waals surface area (Å²) in [4.78, 5) is 12.8. The van der Waals surface area contributed by atoms with Crippen LogP contribution in [0.15, 0.2) is 64.0 Å².